The molecule has 0 saturated heterocycles. The third-order valence-corrected chi connectivity index (χ3v) is 14.6. The average molecular weight is 812 g/mol. The van der Waals surface area contributed by atoms with Crippen molar-refractivity contribution >= 4 is 151 Å². The van der Waals surface area contributed by atoms with E-state index in [1.807, 2.05) is 30.5 Å². The lowest BCUT2D eigenvalue weighted by atomic mass is 10.1. The number of nitrogens with zero attached hydrogens (tertiary/aromatic N) is 3. The summed E-state index contributed by atoms with van der Waals surface area (Å²) in [6, 6.07) is 60.3. The van der Waals surface area contributed by atoms with Gasteiger partial charge in [0.05, 0.1) is 11.4 Å². The number of pyridine rings is 1. The molecule has 0 fully saturated rings. The summed E-state index contributed by atoms with van der Waals surface area (Å²) in [6.07, 6.45) is 2.04. The van der Waals surface area contributed by atoms with Crippen molar-refractivity contribution in [3.63, 3.8) is 0 Å². The molecule has 0 spiro atoms. The Morgan fingerprint density at radius 3 is 1.47 bits per heavy atom. The summed E-state index contributed by atoms with van der Waals surface area (Å²) in [5.41, 5.74) is 6.65. The first-order chi connectivity index (χ1) is 29.2. The van der Waals surface area contributed by atoms with E-state index >= 15 is 0 Å². The van der Waals surface area contributed by atoms with Crippen molar-refractivity contribution < 1.29 is 8.83 Å². The van der Waals surface area contributed by atoms with E-state index in [1.54, 1.807) is 34.0 Å². The summed E-state index contributed by atoms with van der Waals surface area (Å²) < 4.78 is 17.6. The van der Waals surface area contributed by atoms with E-state index in [2.05, 4.69) is 155 Å². The highest BCUT2D eigenvalue weighted by atomic mass is 32.1. The van der Waals surface area contributed by atoms with Gasteiger partial charge < -0.3 is 13.7 Å². The van der Waals surface area contributed by atoms with Gasteiger partial charge in [0.1, 0.15) is 38.2 Å². The highest BCUT2D eigenvalue weighted by Crippen LogP contribution is 2.47. The van der Waals surface area contributed by atoms with Gasteiger partial charge in [-0.3, -0.25) is 4.90 Å². The number of fused-ring (bicyclic) bond motifs is 11. The standard InChI is InChI=1S/C51H29N3O2S3/c1-7-15-45-30(9-1)23-50(58-45)53(32-17-20-37-35-11-3-5-13-41(35)55-43(37)25-32)34-19-22-39-40-29-52-49(28-48(40)57-47(39)27-34)54(51-24-31-10-2-8-16-46(31)59-51)33-18-21-38-36-12-4-6-14-42(36)56-44(38)26-33/h1-29H. The van der Waals surface area contributed by atoms with Gasteiger partial charge in [-0.1, -0.05) is 78.9 Å². The molecule has 0 aliphatic heterocycles. The van der Waals surface area contributed by atoms with E-state index in [4.69, 9.17) is 13.8 Å². The summed E-state index contributed by atoms with van der Waals surface area (Å²) in [5, 5.41) is 11.5. The Bertz CT molecular complexity index is 3480. The van der Waals surface area contributed by atoms with E-state index in [-0.39, 0.29) is 0 Å². The second-order valence-electron chi connectivity index (χ2n) is 14.8. The second kappa shape index (κ2) is 12.8. The summed E-state index contributed by atoms with van der Waals surface area (Å²) in [7, 11) is 0. The van der Waals surface area contributed by atoms with Crippen molar-refractivity contribution in [1.82, 2.24) is 4.98 Å². The lowest BCUT2D eigenvalue weighted by molar-refractivity contribution is 0.668. The minimum absolute atomic E-state index is 0.855. The van der Waals surface area contributed by atoms with Crippen LogP contribution in [0, 0.1) is 0 Å². The van der Waals surface area contributed by atoms with Crippen LogP contribution in [0.5, 0.6) is 0 Å². The van der Waals surface area contributed by atoms with Crippen molar-refractivity contribution in [3.05, 3.63) is 176 Å². The van der Waals surface area contributed by atoms with Crippen LogP contribution >= 0.6 is 34.0 Å². The minimum atomic E-state index is 0.855. The zero-order valence-electron chi connectivity index (χ0n) is 31.1. The van der Waals surface area contributed by atoms with Crippen molar-refractivity contribution in [2.75, 3.05) is 9.80 Å². The first-order valence-corrected chi connectivity index (χ1v) is 21.9. The molecule has 59 heavy (non-hydrogen) atoms. The maximum absolute atomic E-state index is 6.39. The first kappa shape index (κ1) is 33.0. The van der Waals surface area contributed by atoms with Crippen LogP contribution in [0.2, 0.25) is 0 Å². The number of hydrogen-bond donors (Lipinski definition) is 0. The number of anilines is 6. The van der Waals surface area contributed by atoms with E-state index < -0.39 is 0 Å². The molecule has 13 aromatic rings. The molecule has 0 unspecified atom stereocenters. The smallest absolute Gasteiger partial charge is 0.139 e. The molecule has 0 aliphatic carbocycles. The summed E-state index contributed by atoms with van der Waals surface area (Å²) in [4.78, 5) is 9.82. The molecule has 0 amide bonds. The number of para-hydroxylation sites is 2. The fourth-order valence-corrected chi connectivity index (χ4v) is 11.9. The third-order valence-electron chi connectivity index (χ3n) is 11.3. The van der Waals surface area contributed by atoms with Crippen molar-refractivity contribution in [2.24, 2.45) is 0 Å². The molecular weight excluding hydrogens is 783 g/mol. The van der Waals surface area contributed by atoms with E-state index in [0.717, 1.165) is 82.1 Å². The van der Waals surface area contributed by atoms with Crippen LogP contribution in [0.1, 0.15) is 0 Å². The largest absolute Gasteiger partial charge is 0.456 e. The number of benzene rings is 7. The van der Waals surface area contributed by atoms with Crippen molar-refractivity contribution in [1.29, 1.82) is 0 Å². The number of hydrogen-bond acceptors (Lipinski definition) is 8. The van der Waals surface area contributed by atoms with Gasteiger partial charge in [-0.15, -0.1) is 34.0 Å². The molecular formula is C51H29N3O2S3. The van der Waals surface area contributed by atoms with Crippen molar-refractivity contribution in [3.8, 4) is 0 Å². The van der Waals surface area contributed by atoms with Gasteiger partial charge in [0, 0.05) is 75.1 Å². The SMILES string of the molecule is c1ccc2sc(N(c3ccc4c(c3)oc3ccccc34)c3ccc4c(c3)sc3cc(N(c5ccc6c(c5)oc5ccccc56)c5cc6ccccc6s5)ncc34)cc2c1. The lowest BCUT2D eigenvalue weighted by Gasteiger charge is -2.23. The molecule has 0 radical (unpaired) electrons. The Labute approximate surface area is 348 Å². The normalized spacial score (nSPS) is 12.1. The van der Waals surface area contributed by atoms with Crippen LogP contribution in [0.15, 0.2) is 185 Å². The molecule has 0 aliphatic rings. The topological polar surface area (TPSA) is 45.7 Å². The number of rotatable bonds is 6. The zero-order chi connectivity index (χ0) is 38.6. The van der Waals surface area contributed by atoms with Gasteiger partial charge in [0.25, 0.3) is 0 Å². The number of thiophene rings is 3. The highest BCUT2D eigenvalue weighted by Gasteiger charge is 2.22. The fourth-order valence-electron chi connectivity index (χ4n) is 8.55. The highest BCUT2D eigenvalue weighted by molar-refractivity contribution is 7.26. The summed E-state index contributed by atoms with van der Waals surface area (Å²) in [6.45, 7) is 0. The van der Waals surface area contributed by atoms with Gasteiger partial charge in [-0.25, -0.2) is 4.98 Å². The van der Waals surface area contributed by atoms with Crippen LogP contribution in [0.25, 0.3) is 84.2 Å². The molecule has 0 bridgehead atoms. The Balaban J connectivity index is 0.959. The number of furan rings is 2. The molecule has 8 heteroatoms. The monoisotopic (exact) mass is 811 g/mol. The van der Waals surface area contributed by atoms with Crippen LogP contribution in [-0.4, -0.2) is 4.98 Å². The van der Waals surface area contributed by atoms with Crippen LogP contribution in [0.3, 0.4) is 0 Å². The fraction of sp³-hybridized carbons (Fsp3) is 0. The van der Waals surface area contributed by atoms with E-state index in [9.17, 15) is 0 Å². The Morgan fingerprint density at radius 2 is 0.847 bits per heavy atom. The van der Waals surface area contributed by atoms with Gasteiger partial charge in [0.2, 0.25) is 0 Å². The molecule has 0 saturated carbocycles. The Kier molecular flexibility index (Phi) is 7.15. The van der Waals surface area contributed by atoms with Crippen molar-refractivity contribution in [2.45, 2.75) is 0 Å². The molecule has 6 heterocycles. The summed E-state index contributed by atoms with van der Waals surface area (Å²) in [5.74, 6) is 0.859. The van der Waals surface area contributed by atoms with E-state index in [1.165, 1.54) is 35.0 Å². The van der Waals surface area contributed by atoms with E-state index in [0.29, 0.717) is 0 Å². The minimum Gasteiger partial charge on any atom is -0.456 e. The maximum atomic E-state index is 6.39. The molecule has 6 aromatic heterocycles. The van der Waals surface area contributed by atoms with Gasteiger partial charge >= 0.3 is 0 Å². The quantitative estimate of drug-likeness (QED) is 0.167. The maximum Gasteiger partial charge on any atom is 0.139 e. The predicted molar refractivity (Wildman–Crippen MR) is 252 cm³/mol. The van der Waals surface area contributed by atoms with Crippen LogP contribution in [-0.2, 0) is 0 Å². The van der Waals surface area contributed by atoms with Gasteiger partial charge in [0.15, 0.2) is 0 Å². The Morgan fingerprint density at radius 1 is 0.356 bits per heavy atom. The van der Waals surface area contributed by atoms with Crippen LogP contribution in [0.4, 0.5) is 32.9 Å². The Hall–Kier alpha value is -6.97. The molecule has 0 atom stereocenters. The number of aromatic nitrogens is 1. The predicted octanol–water partition coefficient (Wildman–Crippen LogP) is 16.6. The van der Waals surface area contributed by atoms with Crippen LogP contribution < -0.4 is 9.80 Å². The molecule has 7 aromatic carbocycles. The van der Waals surface area contributed by atoms with Gasteiger partial charge in [-0.05, 0) is 89.6 Å². The molecule has 278 valence electrons. The average Bonchev–Trinajstić information content (AvgIpc) is 4.10. The first-order valence-electron chi connectivity index (χ1n) is 19.4. The molecule has 0 N–H and O–H groups in total. The van der Waals surface area contributed by atoms with Gasteiger partial charge in [-0.2, -0.15) is 0 Å². The summed E-state index contributed by atoms with van der Waals surface area (Å²) >= 11 is 5.37. The third kappa shape index (κ3) is 5.24. The second-order valence-corrected chi connectivity index (χ2v) is 18.0. The molecule has 5 nitrogen and oxygen atoms in total. The lowest BCUT2D eigenvalue weighted by Crippen LogP contribution is -2.09. The molecule has 13 rings (SSSR count). The zero-order valence-corrected chi connectivity index (χ0v) is 33.6.